The third-order valence-electron chi connectivity index (χ3n) is 4.52. The van der Waals surface area contributed by atoms with E-state index in [2.05, 4.69) is 0 Å². The highest BCUT2D eigenvalue weighted by Gasteiger charge is 2.27. The van der Waals surface area contributed by atoms with Crippen LogP contribution in [0.2, 0.25) is 0 Å². The average Bonchev–Trinajstić information content (AvgIpc) is 3.25. The molecule has 1 aromatic carbocycles. The summed E-state index contributed by atoms with van der Waals surface area (Å²) in [4.78, 5) is 39.8. The molecule has 6 heteroatoms. The number of hydrogen-bond acceptors (Lipinski definition) is 4. The number of amides is 2. The standard InChI is InChI=1S/C18H22N2O4/c1-13(17(22)19-9-2-3-10-19)24-18(23)14-6-4-7-15(12-14)20-11-5-8-16(20)21/h4,6-7,12-13H,2-3,5,8-11H2,1H3/t13-/m0/s1. The number of carbonyl (C=O) groups excluding carboxylic acids is 3. The van der Waals surface area contributed by atoms with Gasteiger partial charge in [-0.05, 0) is 44.4 Å². The van der Waals surface area contributed by atoms with Crippen LogP contribution in [0.3, 0.4) is 0 Å². The SMILES string of the molecule is C[C@H](OC(=O)c1cccc(N2CCCC2=O)c1)C(=O)N1CCCC1. The normalized spacial score (nSPS) is 18.8. The van der Waals surface area contributed by atoms with E-state index in [1.54, 1.807) is 41.0 Å². The molecular formula is C18H22N2O4. The molecule has 2 heterocycles. The topological polar surface area (TPSA) is 66.9 Å². The molecule has 0 spiro atoms. The quantitative estimate of drug-likeness (QED) is 0.792. The summed E-state index contributed by atoms with van der Waals surface area (Å²) in [5.74, 6) is -0.617. The molecule has 0 N–H and O–H groups in total. The number of esters is 1. The van der Waals surface area contributed by atoms with Crippen molar-refractivity contribution in [2.75, 3.05) is 24.5 Å². The van der Waals surface area contributed by atoms with Crippen molar-refractivity contribution in [1.82, 2.24) is 4.90 Å². The van der Waals surface area contributed by atoms with Gasteiger partial charge < -0.3 is 14.5 Å². The van der Waals surface area contributed by atoms with Crippen LogP contribution < -0.4 is 4.90 Å². The zero-order valence-corrected chi connectivity index (χ0v) is 13.9. The molecule has 0 bridgehead atoms. The molecule has 0 unspecified atom stereocenters. The van der Waals surface area contributed by atoms with E-state index in [-0.39, 0.29) is 11.8 Å². The van der Waals surface area contributed by atoms with Crippen molar-refractivity contribution in [1.29, 1.82) is 0 Å². The van der Waals surface area contributed by atoms with E-state index in [9.17, 15) is 14.4 Å². The fourth-order valence-corrected chi connectivity index (χ4v) is 3.20. The van der Waals surface area contributed by atoms with Gasteiger partial charge in [-0.3, -0.25) is 9.59 Å². The molecule has 3 rings (SSSR count). The lowest BCUT2D eigenvalue weighted by atomic mass is 10.2. The van der Waals surface area contributed by atoms with Gasteiger partial charge in [-0.1, -0.05) is 6.07 Å². The maximum absolute atomic E-state index is 12.3. The second-order valence-corrected chi connectivity index (χ2v) is 6.28. The van der Waals surface area contributed by atoms with Crippen molar-refractivity contribution in [2.24, 2.45) is 0 Å². The van der Waals surface area contributed by atoms with Crippen molar-refractivity contribution >= 4 is 23.5 Å². The van der Waals surface area contributed by atoms with Crippen LogP contribution in [-0.4, -0.2) is 48.4 Å². The Kier molecular flexibility index (Phi) is 4.83. The summed E-state index contributed by atoms with van der Waals surface area (Å²) in [7, 11) is 0. The number of carbonyl (C=O) groups is 3. The summed E-state index contributed by atoms with van der Waals surface area (Å²) in [5, 5.41) is 0. The van der Waals surface area contributed by atoms with E-state index >= 15 is 0 Å². The van der Waals surface area contributed by atoms with Gasteiger partial charge >= 0.3 is 5.97 Å². The van der Waals surface area contributed by atoms with E-state index in [1.807, 2.05) is 0 Å². The molecule has 0 aromatic heterocycles. The van der Waals surface area contributed by atoms with Gasteiger partial charge in [0, 0.05) is 31.7 Å². The Bertz CT molecular complexity index is 652. The predicted molar refractivity (Wildman–Crippen MR) is 88.7 cm³/mol. The maximum Gasteiger partial charge on any atom is 0.338 e. The summed E-state index contributed by atoms with van der Waals surface area (Å²) in [6.45, 7) is 3.73. The predicted octanol–water partition coefficient (Wildman–Crippen LogP) is 1.98. The number of likely N-dealkylation sites (tertiary alicyclic amines) is 1. The van der Waals surface area contributed by atoms with Crippen molar-refractivity contribution in [3.05, 3.63) is 29.8 Å². The fraction of sp³-hybridized carbons (Fsp3) is 0.500. The van der Waals surface area contributed by atoms with E-state index in [0.717, 1.165) is 32.4 Å². The van der Waals surface area contributed by atoms with E-state index < -0.39 is 12.1 Å². The van der Waals surface area contributed by atoms with Gasteiger partial charge in [0.2, 0.25) is 5.91 Å². The first-order chi connectivity index (χ1) is 11.6. The lowest BCUT2D eigenvalue weighted by molar-refractivity contribution is -0.138. The Balaban J connectivity index is 1.66. The molecule has 1 aromatic rings. The van der Waals surface area contributed by atoms with Gasteiger partial charge in [-0.15, -0.1) is 0 Å². The molecule has 0 saturated carbocycles. The largest absolute Gasteiger partial charge is 0.449 e. The van der Waals surface area contributed by atoms with Crippen LogP contribution in [0.25, 0.3) is 0 Å². The zero-order valence-electron chi connectivity index (χ0n) is 13.9. The molecule has 2 amide bonds. The Labute approximate surface area is 141 Å². The first-order valence-corrected chi connectivity index (χ1v) is 8.46. The number of rotatable bonds is 4. The molecule has 2 saturated heterocycles. The summed E-state index contributed by atoms with van der Waals surface area (Å²) < 4.78 is 5.32. The molecule has 2 fully saturated rings. The van der Waals surface area contributed by atoms with Gasteiger partial charge in [-0.25, -0.2) is 4.79 Å². The van der Waals surface area contributed by atoms with Crippen LogP contribution in [0, 0.1) is 0 Å². The maximum atomic E-state index is 12.3. The third-order valence-corrected chi connectivity index (χ3v) is 4.52. The number of ether oxygens (including phenoxy) is 1. The second-order valence-electron chi connectivity index (χ2n) is 6.28. The summed E-state index contributed by atoms with van der Waals surface area (Å²) in [6, 6.07) is 6.82. The van der Waals surface area contributed by atoms with Crippen LogP contribution in [0.4, 0.5) is 5.69 Å². The molecule has 1 atom stereocenters. The molecule has 0 radical (unpaired) electrons. The number of hydrogen-bond donors (Lipinski definition) is 0. The molecule has 128 valence electrons. The highest BCUT2D eigenvalue weighted by molar-refractivity contribution is 5.98. The Morgan fingerprint density at radius 2 is 1.88 bits per heavy atom. The lowest BCUT2D eigenvalue weighted by Crippen LogP contribution is -2.38. The number of anilines is 1. The van der Waals surface area contributed by atoms with Crippen molar-refractivity contribution in [3.63, 3.8) is 0 Å². The molecule has 0 aliphatic carbocycles. The zero-order chi connectivity index (χ0) is 17.1. The van der Waals surface area contributed by atoms with E-state index in [1.165, 1.54) is 0 Å². The summed E-state index contributed by atoms with van der Waals surface area (Å²) in [6.07, 6.45) is 2.56. The summed E-state index contributed by atoms with van der Waals surface area (Å²) in [5.41, 5.74) is 1.05. The fourth-order valence-electron chi connectivity index (χ4n) is 3.20. The van der Waals surface area contributed by atoms with Crippen molar-refractivity contribution < 1.29 is 19.1 Å². The van der Waals surface area contributed by atoms with Gasteiger partial charge in [0.25, 0.3) is 5.91 Å². The Morgan fingerprint density at radius 1 is 1.12 bits per heavy atom. The van der Waals surface area contributed by atoms with Gasteiger partial charge in [0.1, 0.15) is 0 Å². The second kappa shape index (κ2) is 7.03. The Morgan fingerprint density at radius 3 is 2.54 bits per heavy atom. The van der Waals surface area contributed by atoms with Crippen LogP contribution >= 0.6 is 0 Å². The molecular weight excluding hydrogens is 308 g/mol. The minimum Gasteiger partial charge on any atom is -0.449 e. The van der Waals surface area contributed by atoms with Crippen LogP contribution in [-0.2, 0) is 14.3 Å². The van der Waals surface area contributed by atoms with Gasteiger partial charge in [-0.2, -0.15) is 0 Å². The first kappa shape index (κ1) is 16.5. The minimum atomic E-state index is -0.798. The molecule has 2 aliphatic rings. The average molecular weight is 330 g/mol. The van der Waals surface area contributed by atoms with Crippen LogP contribution in [0.15, 0.2) is 24.3 Å². The third kappa shape index (κ3) is 3.42. The smallest absolute Gasteiger partial charge is 0.338 e. The first-order valence-electron chi connectivity index (χ1n) is 8.46. The van der Waals surface area contributed by atoms with Crippen molar-refractivity contribution in [3.8, 4) is 0 Å². The molecule has 6 nitrogen and oxygen atoms in total. The molecule has 2 aliphatic heterocycles. The van der Waals surface area contributed by atoms with Gasteiger partial charge in [0.15, 0.2) is 6.10 Å². The Hall–Kier alpha value is -2.37. The number of nitrogens with zero attached hydrogens (tertiary/aromatic N) is 2. The highest BCUT2D eigenvalue weighted by atomic mass is 16.5. The summed E-state index contributed by atoms with van der Waals surface area (Å²) >= 11 is 0. The lowest BCUT2D eigenvalue weighted by Gasteiger charge is -2.21. The van der Waals surface area contributed by atoms with E-state index in [4.69, 9.17) is 4.74 Å². The number of benzene rings is 1. The van der Waals surface area contributed by atoms with Crippen molar-refractivity contribution in [2.45, 2.75) is 38.7 Å². The monoisotopic (exact) mass is 330 g/mol. The van der Waals surface area contributed by atoms with Crippen LogP contribution in [0.1, 0.15) is 43.0 Å². The van der Waals surface area contributed by atoms with E-state index in [0.29, 0.717) is 24.2 Å². The minimum absolute atomic E-state index is 0.0677. The van der Waals surface area contributed by atoms with Gasteiger partial charge in [0.05, 0.1) is 5.56 Å². The molecule has 24 heavy (non-hydrogen) atoms. The van der Waals surface area contributed by atoms with Crippen LogP contribution in [0.5, 0.6) is 0 Å². The highest BCUT2D eigenvalue weighted by Crippen LogP contribution is 2.23.